The van der Waals surface area contributed by atoms with Crippen molar-refractivity contribution in [3.63, 3.8) is 0 Å². The summed E-state index contributed by atoms with van der Waals surface area (Å²) in [7, 11) is 1.68. The zero-order valence-electron chi connectivity index (χ0n) is 14.2. The molecular formula is C20H22N2OS. The molecule has 0 saturated carbocycles. The van der Waals surface area contributed by atoms with E-state index in [-0.39, 0.29) is 0 Å². The summed E-state index contributed by atoms with van der Waals surface area (Å²) < 4.78 is 7.57. The minimum Gasteiger partial charge on any atom is -0.497 e. The second-order valence-corrected chi connectivity index (χ2v) is 6.73. The minimum atomic E-state index is 0.727. The Balaban J connectivity index is 2.12. The number of benzene rings is 2. The van der Waals surface area contributed by atoms with E-state index < -0.39 is 0 Å². The van der Waals surface area contributed by atoms with Crippen LogP contribution in [-0.2, 0) is 6.54 Å². The van der Waals surface area contributed by atoms with E-state index in [4.69, 9.17) is 9.72 Å². The number of nitrogens with zero attached hydrogens (tertiary/aromatic N) is 2. The molecule has 2 aromatic carbocycles. The maximum Gasteiger partial charge on any atom is 0.141 e. The molecule has 0 saturated heterocycles. The van der Waals surface area contributed by atoms with Crippen molar-refractivity contribution in [3.05, 3.63) is 55.1 Å². The Morgan fingerprint density at radius 1 is 1.25 bits per heavy atom. The topological polar surface area (TPSA) is 27.1 Å². The van der Waals surface area contributed by atoms with Gasteiger partial charge in [-0.25, -0.2) is 4.98 Å². The van der Waals surface area contributed by atoms with Gasteiger partial charge in [-0.2, -0.15) is 0 Å². The van der Waals surface area contributed by atoms with Crippen LogP contribution in [0.15, 0.2) is 60.0 Å². The number of methoxy groups -OCH3 is 1. The van der Waals surface area contributed by atoms with Gasteiger partial charge < -0.3 is 9.30 Å². The van der Waals surface area contributed by atoms with Crippen LogP contribution in [0.5, 0.6) is 5.75 Å². The lowest BCUT2D eigenvalue weighted by molar-refractivity contribution is 0.415. The molecule has 0 spiro atoms. The number of imidazole rings is 1. The van der Waals surface area contributed by atoms with Crippen molar-refractivity contribution in [2.24, 2.45) is 0 Å². The van der Waals surface area contributed by atoms with Gasteiger partial charge in [-0.05, 0) is 42.5 Å². The molecule has 0 aliphatic carbocycles. The summed E-state index contributed by atoms with van der Waals surface area (Å²) in [5.41, 5.74) is 3.21. The molecule has 24 heavy (non-hydrogen) atoms. The fraction of sp³-hybridized carbons (Fsp3) is 0.250. The van der Waals surface area contributed by atoms with Gasteiger partial charge >= 0.3 is 0 Å². The highest BCUT2D eigenvalue weighted by Crippen LogP contribution is 2.30. The first-order valence-corrected chi connectivity index (χ1v) is 9.13. The maximum atomic E-state index is 5.35. The molecule has 124 valence electrons. The SMILES string of the molecule is C=CCn1c(-c2cccc(OC)c2)nc2ccc(SCCC)cc21. The molecular weight excluding hydrogens is 316 g/mol. The Hall–Kier alpha value is -2.20. The lowest BCUT2D eigenvalue weighted by Gasteiger charge is -2.08. The third-order valence-electron chi connectivity index (χ3n) is 3.83. The Kier molecular flexibility index (Phi) is 5.26. The fourth-order valence-electron chi connectivity index (χ4n) is 2.71. The van der Waals surface area contributed by atoms with Gasteiger partial charge in [0.2, 0.25) is 0 Å². The van der Waals surface area contributed by atoms with Gasteiger partial charge in [0.15, 0.2) is 0 Å². The van der Waals surface area contributed by atoms with Crippen molar-refractivity contribution in [1.29, 1.82) is 0 Å². The van der Waals surface area contributed by atoms with E-state index in [1.54, 1.807) is 7.11 Å². The zero-order chi connectivity index (χ0) is 16.9. The highest BCUT2D eigenvalue weighted by atomic mass is 32.2. The van der Waals surface area contributed by atoms with Crippen LogP contribution < -0.4 is 4.74 Å². The molecule has 0 unspecified atom stereocenters. The van der Waals surface area contributed by atoms with Gasteiger partial charge in [-0.15, -0.1) is 18.3 Å². The third kappa shape index (κ3) is 3.34. The second kappa shape index (κ2) is 7.58. The van der Waals surface area contributed by atoms with Gasteiger partial charge in [0, 0.05) is 17.0 Å². The lowest BCUT2D eigenvalue weighted by atomic mass is 10.2. The number of allylic oxidation sites excluding steroid dienone is 1. The molecule has 0 N–H and O–H groups in total. The Labute approximate surface area is 147 Å². The third-order valence-corrected chi connectivity index (χ3v) is 5.03. The smallest absolute Gasteiger partial charge is 0.141 e. The average molecular weight is 338 g/mol. The molecule has 3 rings (SSSR count). The van der Waals surface area contributed by atoms with Gasteiger partial charge in [-0.3, -0.25) is 0 Å². The van der Waals surface area contributed by atoms with E-state index in [9.17, 15) is 0 Å². The van der Waals surface area contributed by atoms with E-state index in [1.165, 1.54) is 11.3 Å². The van der Waals surface area contributed by atoms with Crippen molar-refractivity contribution in [1.82, 2.24) is 9.55 Å². The summed E-state index contributed by atoms with van der Waals surface area (Å²) >= 11 is 1.89. The number of aromatic nitrogens is 2. The van der Waals surface area contributed by atoms with Gasteiger partial charge in [0.25, 0.3) is 0 Å². The van der Waals surface area contributed by atoms with Gasteiger partial charge in [-0.1, -0.05) is 25.1 Å². The maximum absolute atomic E-state index is 5.35. The van der Waals surface area contributed by atoms with Crippen molar-refractivity contribution in [2.45, 2.75) is 24.8 Å². The Morgan fingerprint density at radius 2 is 2.12 bits per heavy atom. The molecule has 0 radical (unpaired) electrons. The molecule has 0 amide bonds. The van der Waals surface area contributed by atoms with Crippen LogP contribution in [0.25, 0.3) is 22.4 Å². The summed E-state index contributed by atoms with van der Waals surface area (Å²) in [6.07, 6.45) is 3.08. The summed E-state index contributed by atoms with van der Waals surface area (Å²) in [6, 6.07) is 14.5. The average Bonchev–Trinajstić information content (AvgIpc) is 2.98. The normalized spacial score (nSPS) is 10.9. The molecule has 3 aromatic rings. The quantitative estimate of drug-likeness (QED) is 0.426. The fourth-order valence-corrected chi connectivity index (χ4v) is 3.51. The van der Waals surface area contributed by atoms with Crippen molar-refractivity contribution in [3.8, 4) is 17.1 Å². The molecule has 0 bridgehead atoms. The molecule has 1 aromatic heterocycles. The van der Waals surface area contributed by atoms with Crippen LogP contribution in [0.3, 0.4) is 0 Å². The number of thioether (sulfide) groups is 1. The summed E-state index contributed by atoms with van der Waals surface area (Å²) in [4.78, 5) is 6.13. The number of rotatable bonds is 7. The van der Waals surface area contributed by atoms with E-state index >= 15 is 0 Å². The number of ether oxygens (including phenoxy) is 1. The standard InChI is InChI=1S/C20H22N2OS/c1-4-11-22-19-14-17(24-12-5-2)9-10-18(19)21-20(22)15-7-6-8-16(13-15)23-3/h4,6-10,13-14H,1,5,11-12H2,2-3H3. The first kappa shape index (κ1) is 16.7. The second-order valence-electron chi connectivity index (χ2n) is 5.57. The molecule has 0 fully saturated rings. The van der Waals surface area contributed by atoms with Gasteiger partial charge in [0.1, 0.15) is 11.6 Å². The van der Waals surface area contributed by atoms with Crippen LogP contribution in [0, 0.1) is 0 Å². The zero-order valence-corrected chi connectivity index (χ0v) is 15.0. The predicted molar refractivity (Wildman–Crippen MR) is 103 cm³/mol. The first-order chi connectivity index (χ1) is 11.8. The minimum absolute atomic E-state index is 0.727. The van der Waals surface area contributed by atoms with Crippen LogP contribution in [0.1, 0.15) is 13.3 Å². The van der Waals surface area contributed by atoms with Crippen molar-refractivity contribution < 1.29 is 4.74 Å². The first-order valence-electron chi connectivity index (χ1n) is 8.15. The van der Waals surface area contributed by atoms with Crippen LogP contribution in [0.4, 0.5) is 0 Å². The monoisotopic (exact) mass is 338 g/mol. The Morgan fingerprint density at radius 3 is 2.88 bits per heavy atom. The highest BCUT2D eigenvalue weighted by molar-refractivity contribution is 7.99. The largest absolute Gasteiger partial charge is 0.497 e. The molecule has 4 heteroatoms. The van der Waals surface area contributed by atoms with Crippen LogP contribution >= 0.6 is 11.8 Å². The van der Waals surface area contributed by atoms with E-state index in [0.29, 0.717) is 0 Å². The summed E-state index contributed by atoms with van der Waals surface area (Å²) in [5, 5.41) is 0. The van der Waals surface area contributed by atoms with Gasteiger partial charge in [0.05, 0.1) is 18.1 Å². The molecule has 0 atom stereocenters. The molecule has 1 heterocycles. The van der Waals surface area contributed by atoms with Crippen LogP contribution in [-0.4, -0.2) is 22.4 Å². The lowest BCUT2D eigenvalue weighted by Crippen LogP contribution is -1.98. The highest BCUT2D eigenvalue weighted by Gasteiger charge is 2.13. The number of hydrogen-bond donors (Lipinski definition) is 0. The molecule has 3 nitrogen and oxygen atoms in total. The van der Waals surface area contributed by atoms with E-state index in [1.807, 2.05) is 36.0 Å². The number of hydrogen-bond acceptors (Lipinski definition) is 3. The molecule has 0 aliphatic heterocycles. The van der Waals surface area contributed by atoms with E-state index in [0.717, 1.165) is 40.5 Å². The van der Waals surface area contributed by atoms with Crippen molar-refractivity contribution >= 4 is 22.8 Å². The van der Waals surface area contributed by atoms with Crippen LogP contribution in [0.2, 0.25) is 0 Å². The Bertz CT molecular complexity index is 854. The van der Waals surface area contributed by atoms with Crippen molar-refractivity contribution in [2.75, 3.05) is 12.9 Å². The number of fused-ring (bicyclic) bond motifs is 1. The summed E-state index contributed by atoms with van der Waals surface area (Å²) in [5.74, 6) is 2.91. The summed E-state index contributed by atoms with van der Waals surface area (Å²) in [6.45, 7) is 6.83. The molecule has 0 aliphatic rings. The van der Waals surface area contributed by atoms with E-state index in [2.05, 4.69) is 42.3 Å². The predicted octanol–water partition coefficient (Wildman–Crippen LogP) is 5.40.